The van der Waals surface area contributed by atoms with E-state index in [1.807, 2.05) is 29.8 Å². The number of nitrogens with zero attached hydrogens (tertiary/aromatic N) is 4. The van der Waals surface area contributed by atoms with E-state index in [0.717, 1.165) is 34.5 Å². The molecule has 2 N–H and O–H groups in total. The van der Waals surface area contributed by atoms with Gasteiger partial charge in [-0.15, -0.1) is 0 Å². The van der Waals surface area contributed by atoms with Gasteiger partial charge in [-0.2, -0.15) is 5.10 Å². The predicted octanol–water partition coefficient (Wildman–Crippen LogP) is 2.58. The van der Waals surface area contributed by atoms with Gasteiger partial charge < -0.3 is 5.73 Å². The highest BCUT2D eigenvalue weighted by Gasteiger charge is 2.14. The third kappa shape index (κ3) is 1.82. The molecule has 0 unspecified atom stereocenters. The molecule has 0 radical (unpaired) electrons. The van der Waals surface area contributed by atoms with Crippen molar-refractivity contribution in [2.75, 3.05) is 5.73 Å². The molecule has 0 bridgehead atoms. The molecule has 0 amide bonds. The first-order valence-electron chi connectivity index (χ1n) is 6.67. The van der Waals surface area contributed by atoms with Crippen LogP contribution in [0.3, 0.4) is 0 Å². The fraction of sp³-hybridized carbons (Fsp3) is 0.267. The van der Waals surface area contributed by atoms with Crippen molar-refractivity contribution in [3.8, 4) is 5.82 Å². The Morgan fingerprint density at radius 2 is 2.00 bits per heavy atom. The van der Waals surface area contributed by atoms with Gasteiger partial charge in [0.15, 0.2) is 5.82 Å². The molecule has 1 aromatic carbocycles. The molecule has 0 saturated heterocycles. The molecule has 0 aliphatic rings. The first-order chi connectivity index (χ1) is 9.61. The molecule has 0 spiro atoms. The molecule has 5 heteroatoms. The van der Waals surface area contributed by atoms with Crippen molar-refractivity contribution in [2.45, 2.75) is 27.2 Å². The zero-order valence-electron chi connectivity index (χ0n) is 11.9. The van der Waals surface area contributed by atoms with Crippen LogP contribution in [0.4, 0.5) is 5.69 Å². The summed E-state index contributed by atoms with van der Waals surface area (Å²) in [7, 11) is 0. The van der Waals surface area contributed by atoms with Crippen molar-refractivity contribution >= 4 is 16.6 Å². The Morgan fingerprint density at radius 3 is 2.70 bits per heavy atom. The summed E-state index contributed by atoms with van der Waals surface area (Å²) in [6, 6.07) is 5.66. The third-order valence-electron chi connectivity index (χ3n) is 3.63. The molecule has 0 fully saturated rings. The summed E-state index contributed by atoms with van der Waals surface area (Å²) in [5.41, 5.74) is 10.8. The van der Waals surface area contributed by atoms with Crippen LogP contribution in [0, 0.1) is 13.8 Å². The number of hydrogen-bond donors (Lipinski definition) is 1. The number of aryl methyl sites for hydroxylation is 1. The van der Waals surface area contributed by atoms with E-state index in [2.05, 4.69) is 28.9 Å². The van der Waals surface area contributed by atoms with Crippen LogP contribution < -0.4 is 5.73 Å². The van der Waals surface area contributed by atoms with Gasteiger partial charge in [-0.05, 0) is 44.0 Å². The Hall–Kier alpha value is -2.43. The normalized spacial score (nSPS) is 11.2. The molecule has 2 aromatic heterocycles. The molecule has 0 saturated carbocycles. The van der Waals surface area contributed by atoms with E-state index in [4.69, 9.17) is 5.73 Å². The van der Waals surface area contributed by atoms with E-state index in [0.29, 0.717) is 5.69 Å². The summed E-state index contributed by atoms with van der Waals surface area (Å²) in [5.74, 6) is 0.801. The van der Waals surface area contributed by atoms with Gasteiger partial charge in [0.25, 0.3) is 0 Å². The van der Waals surface area contributed by atoms with Crippen molar-refractivity contribution in [3.63, 3.8) is 0 Å². The Kier molecular flexibility index (Phi) is 2.89. The van der Waals surface area contributed by atoms with E-state index in [9.17, 15) is 0 Å². The fourth-order valence-electron chi connectivity index (χ4n) is 2.62. The Balaban J connectivity index is 2.30. The van der Waals surface area contributed by atoms with Gasteiger partial charge in [-0.3, -0.25) is 0 Å². The maximum atomic E-state index is 5.81. The lowest BCUT2D eigenvalue weighted by Crippen LogP contribution is -2.04. The van der Waals surface area contributed by atoms with Crippen molar-refractivity contribution < 1.29 is 0 Å². The highest BCUT2D eigenvalue weighted by molar-refractivity contribution is 5.87. The molecule has 102 valence electrons. The first kappa shape index (κ1) is 12.6. The van der Waals surface area contributed by atoms with Crippen LogP contribution in [-0.4, -0.2) is 19.7 Å². The van der Waals surface area contributed by atoms with Crippen LogP contribution in [0.15, 0.2) is 24.5 Å². The van der Waals surface area contributed by atoms with Crippen molar-refractivity contribution in [1.82, 2.24) is 19.7 Å². The number of rotatable bonds is 2. The van der Waals surface area contributed by atoms with Crippen molar-refractivity contribution in [1.29, 1.82) is 0 Å². The second-order valence-electron chi connectivity index (χ2n) is 4.89. The minimum absolute atomic E-state index is 0.699. The SMILES string of the molecule is CCc1c(C)nn(-c2ncnc3cc(N)ccc23)c1C. The van der Waals surface area contributed by atoms with Crippen LogP contribution in [0.2, 0.25) is 0 Å². The number of hydrogen-bond acceptors (Lipinski definition) is 4. The van der Waals surface area contributed by atoms with Crippen LogP contribution in [-0.2, 0) is 6.42 Å². The smallest absolute Gasteiger partial charge is 0.164 e. The van der Waals surface area contributed by atoms with Crippen molar-refractivity contribution in [2.24, 2.45) is 0 Å². The molecule has 20 heavy (non-hydrogen) atoms. The molecule has 2 heterocycles. The molecule has 0 aliphatic carbocycles. The summed E-state index contributed by atoms with van der Waals surface area (Å²) in [6.07, 6.45) is 2.52. The lowest BCUT2D eigenvalue weighted by Gasteiger charge is -2.07. The van der Waals surface area contributed by atoms with Gasteiger partial charge >= 0.3 is 0 Å². The van der Waals surface area contributed by atoms with Gasteiger partial charge in [0.2, 0.25) is 0 Å². The fourth-order valence-corrected chi connectivity index (χ4v) is 2.62. The minimum atomic E-state index is 0.699. The summed E-state index contributed by atoms with van der Waals surface area (Å²) >= 11 is 0. The molecule has 3 rings (SSSR count). The zero-order valence-corrected chi connectivity index (χ0v) is 11.9. The Morgan fingerprint density at radius 1 is 1.20 bits per heavy atom. The number of anilines is 1. The molecule has 0 atom stereocenters. The monoisotopic (exact) mass is 267 g/mol. The lowest BCUT2D eigenvalue weighted by atomic mass is 10.1. The third-order valence-corrected chi connectivity index (χ3v) is 3.63. The average molecular weight is 267 g/mol. The van der Waals surface area contributed by atoms with Crippen LogP contribution >= 0.6 is 0 Å². The zero-order chi connectivity index (χ0) is 14.3. The van der Waals surface area contributed by atoms with Gasteiger partial charge in [0.05, 0.1) is 11.2 Å². The lowest BCUT2D eigenvalue weighted by molar-refractivity contribution is 0.809. The van der Waals surface area contributed by atoms with E-state index in [-0.39, 0.29) is 0 Å². The highest BCUT2D eigenvalue weighted by atomic mass is 15.3. The second kappa shape index (κ2) is 4.59. The quantitative estimate of drug-likeness (QED) is 0.724. The summed E-state index contributed by atoms with van der Waals surface area (Å²) in [6.45, 7) is 6.24. The van der Waals surface area contributed by atoms with E-state index < -0.39 is 0 Å². The number of benzene rings is 1. The van der Waals surface area contributed by atoms with Crippen LogP contribution in [0.5, 0.6) is 0 Å². The van der Waals surface area contributed by atoms with Gasteiger partial charge in [0, 0.05) is 16.8 Å². The minimum Gasteiger partial charge on any atom is -0.399 e. The van der Waals surface area contributed by atoms with Crippen LogP contribution in [0.25, 0.3) is 16.7 Å². The standard InChI is InChI=1S/C15H17N5/c1-4-12-9(2)19-20(10(12)3)15-13-6-5-11(16)7-14(13)17-8-18-15/h5-8H,4,16H2,1-3H3. The predicted molar refractivity (Wildman–Crippen MR) is 79.9 cm³/mol. The first-order valence-corrected chi connectivity index (χ1v) is 6.67. The summed E-state index contributed by atoms with van der Waals surface area (Å²) in [5, 5.41) is 5.57. The Bertz CT molecular complexity index is 788. The highest BCUT2D eigenvalue weighted by Crippen LogP contribution is 2.23. The number of nitrogens with two attached hydrogens (primary N) is 1. The Labute approximate surface area is 117 Å². The molecule has 3 aromatic rings. The number of fused-ring (bicyclic) bond motifs is 1. The topological polar surface area (TPSA) is 69.6 Å². The summed E-state index contributed by atoms with van der Waals surface area (Å²) in [4.78, 5) is 8.68. The second-order valence-corrected chi connectivity index (χ2v) is 4.89. The molecule has 5 nitrogen and oxygen atoms in total. The van der Waals surface area contributed by atoms with E-state index in [1.54, 1.807) is 6.33 Å². The average Bonchev–Trinajstić information content (AvgIpc) is 2.72. The molecular formula is C15H17N5. The summed E-state index contributed by atoms with van der Waals surface area (Å²) < 4.78 is 1.90. The van der Waals surface area contributed by atoms with E-state index >= 15 is 0 Å². The maximum absolute atomic E-state index is 5.81. The van der Waals surface area contributed by atoms with E-state index in [1.165, 1.54) is 5.56 Å². The molecular weight excluding hydrogens is 250 g/mol. The largest absolute Gasteiger partial charge is 0.399 e. The van der Waals surface area contributed by atoms with Crippen molar-refractivity contribution in [3.05, 3.63) is 41.5 Å². The van der Waals surface area contributed by atoms with Gasteiger partial charge in [0.1, 0.15) is 6.33 Å². The maximum Gasteiger partial charge on any atom is 0.164 e. The number of aromatic nitrogens is 4. The van der Waals surface area contributed by atoms with Gasteiger partial charge in [-0.1, -0.05) is 6.92 Å². The van der Waals surface area contributed by atoms with Crippen LogP contribution in [0.1, 0.15) is 23.9 Å². The van der Waals surface area contributed by atoms with Gasteiger partial charge in [-0.25, -0.2) is 14.6 Å². The molecule has 0 aliphatic heterocycles. The number of nitrogen functional groups attached to an aromatic ring is 1.